The van der Waals surface area contributed by atoms with Crippen molar-refractivity contribution in [1.29, 1.82) is 0 Å². The summed E-state index contributed by atoms with van der Waals surface area (Å²) < 4.78 is 40.6. The summed E-state index contributed by atoms with van der Waals surface area (Å²) in [6.07, 6.45) is -4.33. The smallest absolute Gasteiger partial charge is 0.422 e. The molecular formula is C13H13F3N2OS. The van der Waals surface area contributed by atoms with Gasteiger partial charge < -0.3 is 15.8 Å². The van der Waals surface area contributed by atoms with Crippen molar-refractivity contribution in [3.05, 3.63) is 40.6 Å². The van der Waals surface area contributed by atoms with E-state index in [1.165, 1.54) is 12.1 Å². The summed E-state index contributed by atoms with van der Waals surface area (Å²) in [5, 5.41) is 5.04. The van der Waals surface area contributed by atoms with Gasteiger partial charge in [-0.1, -0.05) is 0 Å². The third-order valence-corrected chi connectivity index (χ3v) is 3.43. The molecule has 0 aliphatic carbocycles. The first-order valence-electron chi connectivity index (χ1n) is 5.79. The van der Waals surface area contributed by atoms with Gasteiger partial charge in [0.2, 0.25) is 0 Å². The molecule has 0 atom stereocenters. The van der Waals surface area contributed by atoms with Crippen molar-refractivity contribution in [2.45, 2.75) is 12.7 Å². The monoisotopic (exact) mass is 302 g/mol. The standard InChI is InChI=1S/C13H13F3N2OS/c14-13(15,16)8-19-10-3-1-9(2-4-10)18-7-12-11(17)5-6-20-12/h1-6,18H,7-8,17H2. The predicted octanol–water partition coefficient (Wildman–Crippen LogP) is 3.88. The normalized spacial score (nSPS) is 11.3. The highest BCUT2D eigenvalue weighted by Gasteiger charge is 2.28. The zero-order chi connectivity index (χ0) is 14.6. The van der Waals surface area contributed by atoms with Crippen molar-refractivity contribution in [3.8, 4) is 5.75 Å². The maximum absolute atomic E-state index is 12.0. The largest absolute Gasteiger partial charge is 0.484 e. The Bertz CT molecular complexity index is 551. The molecule has 0 saturated carbocycles. The minimum Gasteiger partial charge on any atom is -0.484 e. The van der Waals surface area contributed by atoms with Crippen molar-refractivity contribution >= 4 is 22.7 Å². The number of alkyl halides is 3. The first kappa shape index (κ1) is 14.5. The summed E-state index contributed by atoms with van der Waals surface area (Å²) in [6, 6.07) is 8.14. The molecule has 1 aromatic heterocycles. The Labute approximate surface area is 118 Å². The lowest BCUT2D eigenvalue weighted by Crippen LogP contribution is -2.19. The summed E-state index contributed by atoms with van der Waals surface area (Å²) >= 11 is 1.55. The van der Waals surface area contributed by atoms with Gasteiger partial charge in [0.05, 0.1) is 6.54 Å². The van der Waals surface area contributed by atoms with Crippen molar-refractivity contribution in [1.82, 2.24) is 0 Å². The van der Waals surface area contributed by atoms with Crippen molar-refractivity contribution in [3.63, 3.8) is 0 Å². The highest BCUT2D eigenvalue weighted by molar-refractivity contribution is 7.10. The van der Waals surface area contributed by atoms with E-state index in [1.807, 2.05) is 11.4 Å². The third kappa shape index (κ3) is 4.34. The average Bonchev–Trinajstić information content (AvgIpc) is 2.80. The van der Waals surface area contributed by atoms with Gasteiger partial charge in [0.25, 0.3) is 0 Å². The molecule has 0 spiro atoms. The van der Waals surface area contributed by atoms with Crippen LogP contribution in [0.2, 0.25) is 0 Å². The van der Waals surface area contributed by atoms with E-state index in [0.29, 0.717) is 6.54 Å². The van der Waals surface area contributed by atoms with Gasteiger partial charge in [-0.15, -0.1) is 11.3 Å². The second-order valence-electron chi connectivity index (χ2n) is 4.08. The maximum atomic E-state index is 12.0. The maximum Gasteiger partial charge on any atom is 0.422 e. The number of hydrogen-bond donors (Lipinski definition) is 2. The second-order valence-corrected chi connectivity index (χ2v) is 5.08. The van der Waals surface area contributed by atoms with Gasteiger partial charge in [0, 0.05) is 16.3 Å². The van der Waals surface area contributed by atoms with Crippen LogP contribution in [0.1, 0.15) is 4.88 Å². The van der Waals surface area contributed by atoms with Gasteiger partial charge in [-0.3, -0.25) is 0 Å². The van der Waals surface area contributed by atoms with Crippen LogP contribution >= 0.6 is 11.3 Å². The second kappa shape index (κ2) is 6.04. The van der Waals surface area contributed by atoms with E-state index in [-0.39, 0.29) is 5.75 Å². The highest BCUT2D eigenvalue weighted by atomic mass is 32.1. The molecule has 0 unspecified atom stereocenters. The fourth-order valence-electron chi connectivity index (χ4n) is 1.51. The fraction of sp³-hybridized carbons (Fsp3) is 0.231. The molecule has 0 fully saturated rings. The SMILES string of the molecule is Nc1ccsc1CNc1ccc(OCC(F)(F)F)cc1. The number of nitrogens with two attached hydrogens (primary N) is 1. The molecule has 0 aliphatic rings. The molecule has 1 heterocycles. The van der Waals surface area contributed by atoms with Crippen molar-refractivity contribution in [2.75, 3.05) is 17.7 Å². The summed E-state index contributed by atoms with van der Waals surface area (Å²) in [4.78, 5) is 1.02. The summed E-state index contributed by atoms with van der Waals surface area (Å²) in [5.41, 5.74) is 7.27. The Hall–Kier alpha value is -1.89. The zero-order valence-corrected chi connectivity index (χ0v) is 11.2. The molecule has 0 amide bonds. The molecule has 20 heavy (non-hydrogen) atoms. The average molecular weight is 302 g/mol. The lowest BCUT2D eigenvalue weighted by Gasteiger charge is -2.10. The topological polar surface area (TPSA) is 47.3 Å². The quantitative estimate of drug-likeness (QED) is 0.881. The minimum absolute atomic E-state index is 0.184. The van der Waals surface area contributed by atoms with E-state index in [4.69, 9.17) is 5.73 Å². The lowest BCUT2D eigenvalue weighted by molar-refractivity contribution is -0.153. The number of thiophene rings is 1. The fourth-order valence-corrected chi connectivity index (χ4v) is 2.25. The van der Waals surface area contributed by atoms with Gasteiger partial charge in [0.1, 0.15) is 5.75 Å². The number of nitrogens with one attached hydrogen (secondary N) is 1. The van der Waals surface area contributed by atoms with E-state index in [9.17, 15) is 13.2 Å². The van der Waals surface area contributed by atoms with Crippen LogP contribution < -0.4 is 15.8 Å². The van der Waals surface area contributed by atoms with Crippen LogP contribution in [0.15, 0.2) is 35.7 Å². The molecule has 0 radical (unpaired) electrons. The predicted molar refractivity (Wildman–Crippen MR) is 74.1 cm³/mol. The Kier molecular flexibility index (Phi) is 4.39. The molecule has 0 saturated heterocycles. The molecule has 0 aliphatic heterocycles. The van der Waals surface area contributed by atoms with Crippen LogP contribution in [0.25, 0.3) is 0 Å². The molecule has 108 valence electrons. The number of anilines is 2. The summed E-state index contributed by atoms with van der Waals surface area (Å²) in [5.74, 6) is 0.184. The van der Waals surface area contributed by atoms with Gasteiger partial charge >= 0.3 is 6.18 Å². The molecular weight excluding hydrogens is 289 g/mol. The van der Waals surface area contributed by atoms with Crippen molar-refractivity contribution < 1.29 is 17.9 Å². The van der Waals surface area contributed by atoms with E-state index in [2.05, 4.69) is 10.1 Å². The van der Waals surface area contributed by atoms with Gasteiger partial charge in [-0.25, -0.2) is 0 Å². The molecule has 3 N–H and O–H groups in total. The van der Waals surface area contributed by atoms with Gasteiger partial charge in [-0.05, 0) is 35.7 Å². The molecule has 2 aromatic rings. The first-order valence-corrected chi connectivity index (χ1v) is 6.67. The van der Waals surface area contributed by atoms with Crippen molar-refractivity contribution in [2.24, 2.45) is 0 Å². The van der Waals surface area contributed by atoms with Crippen LogP contribution in [-0.2, 0) is 6.54 Å². The van der Waals surface area contributed by atoms with Gasteiger partial charge in [-0.2, -0.15) is 13.2 Å². The lowest BCUT2D eigenvalue weighted by atomic mass is 10.3. The van der Waals surface area contributed by atoms with Gasteiger partial charge in [0.15, 0.2) is 6.61 Å². The highest BCUT2D eigenvalue weighted by Crippen LogP contribution is 2.22. The number of rotatable bonds is 5. The van der Waals surface area contributed by atoms with Crippen LogP contribution in [0.4, 0.5) is 24.5 Å². The number of benzene rings is 1. The first-order chi connectivity index (χ1) is 9.44. The molecule has 1 aromatic carbocycles. The number of hydrogen-bond acceptors (Lipinski definition) is 4. The Morgan fingerprint density at radius 1 is 1.15 bits per heavy atom. The number of ether oxygens (including phenoxy) is 1. The Morgan fingerprint density at radius 2 is 1.85 bits per heavy atom. The minimum atomic E-state index is -4.33. The Balaban J connectivity index is 1.87. The number of nitrogen functional groups attached to an aromatic ring is 1. The van der Waals surface area contributed by atoms with E-state index >= 15 is 0 Å². The molecule has 2 rings (SSSR count). The van der Waals surface area contributed by atoms with E-state index in [1.54, 1.807) is 23.5 Å². The van der Waals surface area contributed by atoms with Crippen LogP contribution in [0.5, 0.6) is 5.75 Å². The van der Waals surface area contributed by atoms with Crippen LogP contribution in [0.3, 0.4) is 0 Å². The number of halogens is 3. The molecule has 7 heteroatoms. The van der Waals surface area contributed by atoms with E-state index < -0.39 is 12.8 Å². The summed E-state index contributed by atoms with van der Waals surface area (Å²) in [6.45, 7) is -0.711. The zero-order valence-electron chi connectivity index (χ0n) is 10.4. The van der Waals surface area contributed by atoms with Crippen LogP contribution in [-0.4, -0.2) is 12.8 Å². The molecule has 3 nitrogen and oxygen atoms in total. The molecule has 0 bridgehead atoms. The van der Waals surface area contributed by atoms with E-state index in [0.717, 1.165) is 16.3 Å². The van der Waals surface area contributed by atoms with Crippen LogP contribution in [0, 0.1) is 0 Å². The summed E-state index contributed by atoms with van der Waals surface area (Å²) in [7, 11) is 0. The third-order valence-electron chi connectivity index (χ3n) is 2.49. The Morgan fingerprint density at radius 3 is 2.40 bits per heavy atom.